The van der Waals surface area contributed by atoms with Crippen LogP contribution in [0.3, 0.4) is 0 Å². The van der Waals surface area contributed by atoms with E-state index in [-0.39, 0.29) is 0 Å². The van der Waals surface area contributed by atoms with E-state index >= 15 is 0 Å². The van der Waals surface area contributed by atoms with E-state index in [1.165, 1.54) is 16.7 Å². The lowest BCUT2D eigenvalue weighted by Gasteiger charge is -2.29. The summed E-state index contributed by atoms with van der Waals surface area (Å²) in [6.07, 6.45) is 4.35. The molecule has 1 N–H and O–H groups in total. The van der Waals surface area contributed by atoms with Crippen LogP contribution in [0, 0.1) is 0 Å². The van der Waals surface area contributed by atoms with Gasteiger partial charge in [0.25, 0.3) is 0 Å². The fourth-order valence-corrected chi connectivity index (χ4v) is 3.65. The molecule has 2 aliphatic heterocycles. The standard InChI is InChI=1S/C15H20BrNO2/c1-2-17-9-12-10-5-3-8-19-15(10)13(16)11-6-4-7-18-14(11)12/h17H,2-9H2,1H3. The van der Waals surface area contributed by atoms with Crippen molar-refractivity contribution in [3.63, 3.8) is 0 Å². The van der Waals surface area contributed by atoms with Crippen LogP contribution in [0.2, 0.25) is 0 Å². The van der Waals surface area contributed by atoms with Crippen molar-refractivity contribution < 1.29 is 9.47 Å². The third-order valence-electron chi connectivity index (χ3n) is 3.84. The molecule has 4 heteroatoms. The molecule has 2 aliphatic rings. The van der Waals surface area contributed by atoms with Gasteiger partial charge in [0, 0.05) is 23.2 Å². The number of hydrogen-bond acceptors (Lipinski definition) is 3. The van der Waals surface area contributed by atoms with Crippen molar-refractivity contribution >= 4 is 15.9 Å². The van der Waals surface area contributed by atoms with Crippen LogP contribution in [0.15, 0.2) is 4.47 Å². The molecule has 0 aliphatic carbocycles. The zero-order valence-electron chi connectivity index (χ0n) is 11.4. The van der Waals surface area contributed by atoms with Crippen LogP contribution in [0.4, 0.5) is 0 Å². The molecule has 0 aromatic heterocycles. The number of nitrogens with one attached hydrogen (secondary N) is 1. The SMILES string of the molecule is CCNCc1c2c(c(Br)c3c1OCCC3)OCCC2. The van der Waals surface area contributed by atoms with E-state index in [0.717, 1.165) is 68.0 Å². The van der Waals surface area contributed by atoms with E-state index in [4.69, 9.17) is 9.47 Å². The van der Waals surface area contributed by atoms with E-state index in [1.54, 1.807) is 0 Å². The molecule has 0 unspecified atom stereocenters. The molecular weight excluding hydrogens is 306 g/mol. The molecule has 1 aromatic carbocycles. The minimum absolute atomic E-state index is 0.825. The number of ether oxygens (including phenoxy) is 2. The number of hydrogen-bond donors (Lipinski definition) is 1. The summed E-state index contributed by atoms with van der Waals surface area (Å²) in [5.74, 6) is 2.16. The molecule has 2 heterocycles. The van der Waals surface area contributed by atoms with Crippen molar-refractivity contribution in [1.82, 2.24) is 5.32 Å². The van der Waals surface area contributed by atoms with Gasteiger partial charge in [0.2, 0.25) is 0 Å². The first kappa shape index (κ1) is 13.3. The second-order valence-corrected chi connectivity index (χ2v) is 5.89. The first-order chi connectivity index (χ1) is 9.33. The normalized spacial score (nSPS) is 17.2. The van der Waals surface area contributed by atoms with Crippen LogP contribution in [-0.2, 0) is 19.4 Å². The Hall–Kier alpha value is -0.740. The average molecular weight is 326 g/mol. The Morgan fingerprint density at radius 3 is 2.47 bits per heavy atom. The highest BCUT2D eigenvalue weighted by Gasteiger charge is 2.27. The maximum Gasteiger partial charge on any atom is 0.137 e. The number of benzene rings is 1. The van der Waals surface area contributed by atoms with Gasteiger partial charge >= 0.3 is 0 Å². The van der Waals surface area contributed by atoms with Gasteiger partial charge in [0.1, 0.15) is 11.5 Å². The van der Waals surface area contributed by atoms with Crippen molar-refractivity contribution in [2.45, 2.75) is 39.2 Å². The maximum atomic E-state index is 5.97. The Balaban J connectivity index is 2.13. The third-order valence-corrected chi connectivity index (χ3v) is 4.68. The summed E-state index contributed by atoms with van der Waals surface area (Å²) in [7, 11) is 0. The Morgan fingerprint density at radius 1 is 1.05 bits per heavy atom. The molecule has 3 nitrogen and oxygen atoms in total. The van der Waals surface area contributed by atoms with Crippen molar-refractivity contribution in [2.24, 2.45) is 0 Å². The van der Waals surface area contributed by atoms with Gasteiger partial charge in [0.15, 0.2) is 0 Å². The first-order valence-corrected chi connectivity index (χ1v) is 7.94. The maximum absolute atomic E-state index is 5.97. The molecule has 0 atom stereocenters. The lowest BCUT2D eigenvalue weighted by Crippen LogP contribution is -2.21. The first-order valence-electron chi connectivity index (χ1n) is 7.15. The summed E-state index contributed by atoms with van der Waals surface area (Å²) in [5, 5.41) is 3.43. The quantitative estimate of drug-likeness (QED) is 0.925. The third kappa shape index (κ3) is 2.36. The van der Waals surface area contributed by atoms with Gasteiger partial charge in [-0.15, -0.1) is 0 Å². The molecule has 0 saturated heterocycles. The summed E-state index contributed by atoms with van der Waals surface area (Å²) < 4.78 is 13.0. The van der Waals surface area contributed by atoms with Crippen LogP contribution >= 0.6 is 15.9 Å². The minimum Gasteiger partial charge on any atom is -0.493 e. The van der Waals surface area contributed by atoms with Gasteiger partial charge in [-0.3, -0.25) is 0 Å². The molecule has 3 rings (SSSR count). The summed E-state index contributed by atoms with van der Waals surface area (Å²) in [4.78, 5) is 0. The monoisotopic (exact) mass is 325 g/mol. The highest BCUT2D eigenvalue weighted by atomic mass is 79.9. The average Bonchev–Trinajstić information content (AvgIpc) is 2.47. The lowest BCUT2D eigenvalue weighted by molar-refractivity contribution is 0.266. The lowest BCUT2D eigenvalue weighted by atomic mass is 9.93. The van der Waals surface area contributed by atoms with Gasteiger partial charge in [0.05, 0.1) is 17.7 Å². The van der Waals surface area contributed by atoms with E-state index in [0.29, 0.717) is 0 Å². The Morgan fingerprint density at radius 2 is 1.74 bits per heavy atom. The highest BCUT2D eigenvalue weighted by molar-refractivity contribution is 9.10. The fraction of sp³-hybridized carbons (Fsp3) is 0.600. The largest absolute Gasteiger partial charge is 0.493 e. The van der Waals surface area contributed by atoms with E-state index < -0.39 is 0 Å². The van der Waals surface area contributed by atoms with E-state index in [2.05, 4.69) is 28.2 Å². The second-order valence-electron chi connectivity index (χ2n) is 5.09. The number of rotatable bonds is 3. The summed E-state index contributed by atoms with van der Waals surface area (Å²) >= 11 is 3.73. The van der Waals surface area contributed by atoms with Gasteiger partial charge < -0.3 is 14.8 Å². The smallest absolute Gasteiger partial charge is 0.137 e. The van der Waals surface area contributed by atoms with Crippen molar-refractivity contribution in [3.8, 4) is 11.5 Å². The van der Waals surface area contributed by atoms with Crippen LogP contribution in [0.5, 0.6) is 11.5 Å². The molecule has 0 fully saturated rings. The number of fused-ring (bicyclic) bond motifs is 2. The summed E-state index contributed by atoms with van der Waals surface area (Å²) in [6.45, 7) is 5.64. The highest BCUT2D eigenvalue weighted by Crippen LogP contribution is 2.46. The molecule has 104 valence electrons. The molecule has 0 bridgehead atoms. The Labute approximate surface area is 122 Å². The van der Waals surface area contributed by atoms with E-state index in [9.17, 15) is 0 Å². The van der Waals surface area contributed by atoms with Crippen LogP contribution in [-0.4, -0.2) is 19.8 Å². The van der Waals surface area contributed by atoms with Crippen molar-refractivity contribution in [1.29, 1.82) is 0 Å². The zero-order valence-corrected chi connectivity index (χ0v) is 12.9. The van der Waals surface area contributed by atoms with E-state index in [1.807, 2.05) is 0 Å². The summed E-state index contributed by atoms with van der Waals surface area (Å²) in [5.41, 5.74) is 3.94. The number of halogens is 1. The van der Waals surface area contributed by atoms with Gasteiger partial charge in [-0.2, -0.15) is 0 Å². The van der Waals surface area contributed by atoms with Gasteiger partial charge in [-0.1, -0.05) is 6.92 Å². The predicted molar refractivity (Wildman–Crippen MR) is 79.2 cm³/mol. The molecule has 0 spiro atoms. The summed E-state index contributed by atoms with van der Waals surface area (Å²) in [6, 6.07) is 0. The zero-order chi connectivity index (χ0) is 13.2. The van der Waals surface area contributed by atoms with Crippen LogP contribution in [0.1, 0.15) is 36.5 Å². The van der Waals surface area contributed by atoms with Crippen molar-refractivity contribution in [2.75, 3.05) is 19.8 Å². The Bertz CT molecular complexity index is 451. The molecule has 0 radical (unpaired) electrons. The van der Waals surface area contributed by atoms with Crippen LogP contribution in [0.25, 0.3) is 0 Å². The van der Waals surface area contributed by atoms with Crippen LogP contribution < -0.4 is 14.8 Å². The molecule has 0 saturated carbocycles. The topological polar surface area (TPSA) is 30.5 Å². The predicted octanol–water partition coefficient (Wildman–Crippen LogP) is 3.21. The second kappa shape index (κ2) is 5.71. The van der Waals surface area contributed by atoms with Crippen molar-refractivity contribution in [3.05, 3.63) is 21.2 Å². The molecule has 19 heavy (non-hydrogen) atoms. The minimum atomic E-state index is 0.825. The molecular formula is C15H20BrNO2. The fourth-order valence-electron chi connectivity index (χ4n) is 2.92. The Kier molecular flexibility index (Phi) is 3.99. The molecule has 0 amide bonds. The molecule has 1 aromatic rings. The van der Waals surface area contributed by atoms with Gasteiger partial charge in [-0.25, -0.2) is 0 Å². The van der Waals surface area contributed by atoms with Gasteiger partial charge in [-0.05, 0) is 48.2 Å².